The van der Waals surface area contributed by atoms with Gasteiger partial charge in [-0.05, 0) is 38.6 Å². The molecule has 3 aromatic rings. The molecule has 0 amide bonds. The molecule has 0 aliphatic heterocycles. The minimum absolute atomic E-state index is 0.0187. The molecule has 1 unspecified atom stereocenters. The number of benzene rings is 1. The predicted octanol–water partition coefficient (Wildman–Crippen LogP) is 3.52. The SMILES string of the molecule is CCc1cc(C(NC)c2cc3ccccc3o2)n(CC)n1. The highest BCUT2D eigenvalue weighted by molar-refractivity contribution is 5.77. The molecule has 4 heteroatoms. The second kappa shape index (κ2) is 5.74. The number of hydrogen-bond acceptors (Lipinski definition) is 3. The van der Waals surface area contributed by atoms with Crippen molar-refractivity contribution in [3.05, 3.63) is 53.5 Å². The smallest absolute Gasteiger partial charge is 0.134 e. The van der Waals surface area contributed by atoms with Crippen LogP contribution in [0.5, 0.6) is 0 Å². The molecule has 0 saturated carbocycles. The quantitative estimate of drug-likeness (QED) is 0.779. The Morgan fingerprint density at radius 3 is 2.71 bits per heavy atom. The maximum absolute atomic E-state index is 6.01. The third kappa shape index (κ3) is 2.47. The highest BCUT2D eigenvalue weighted by Crippen LogP contribution is 2.28. The molecule has 0 aliphatic carbocycles. The first kappa shape index (κ1) is 13.9. The van der Waals surface area contributed by atoms with Crippen molar-refractivity contribution in [2.45, 2.75) is 32.9 Å². The van der Waals surface area contributed by atoms with Crippen LogP contribution in [0.15, 0.2) is 40.8 Å². The van der Waals surface area contributed by atoms with E-state index in [1.807, 2.05) is 29.9 Å². The van der Waals surface area contributed by atoms with Gasteiger partial charge in [-0.1, -0.05) is 25.1 Å². The molecule has 0 fully saturated rings. The average Bonchev–Trinajstić information content (AvgIpc) is 3.11. The van der Waals surface area contributed by atoms with Crippen LogP contribution in [0.3, 0.4) is 0 Å². The van der Waals surface area contributed by atoms with Gasteiger partial charge in [-0.15, -0.1) is 0 Å². The van der Waals surface area contributed by atoms with Crippen molar-refractivity contribution >= 4 is 11.0 Å². The zero-order chi connectivity index (χ0) is 14.8. The molecule has 2 heterocycles. The molecule has 4 nitrogen and oxygen atoms in total. The van der Waals surface area contributed by atoms with E-state index < -0.39 is 0 Å². The van der Waals surface area contributed by atoms with Gasteiger partial charge in [0.1, 0.15) is 17.4 Å². The van der Waals surface area contributed by atoms with Gasteiger partial charge in [0, 0.05) is 11.9 Å². The third-order valence-electron chi connectivity index (χ3n) is 3.84. The van der Waals surface area contributed by atoms with Crippen molar-refractivity contribution in [1.29, 1.82) is 0 Å². The van der Waals surface area contributed by atoms with Crippen LogP contribution in [0.25, 0.3) is 11.0 Å². The third-order valence-corrected chi connectivity index (χ3v) is 3.84. The lowest BCUT2D eigenvalue weighted by molar-refractivity contribution is 0.465. The van der Waals surface area contributed by atoms with Crippen LogP contribution in [0.2, 0.25) is 0 Å². The lowest BCUT2D eigenvalue weighted by Crippen LogP contribution is -2.20. The summed E-state index contributed by atoms with van der Waals surface area (Å²) in [5.74, 6) is 0.927. The molecular formula is C17H21N3O. The Hall–Kier alpha value is -2.07. The maximum Gasteiger partial charge on any atom is 0.134 e. The van der Waals surface area contributed by atoms with Gasteiger partial charge in [-0.3, -0.25) is 4.68 Å². The summed E-state index contributed by atoms with van der Waals surface area (Å²) in [6.45, 7) is 5.09. The fourth-order valence-corrected chi connectivity index (χ4v) is 2.73. The van der Waals surface area contributed by atoms with Crippen LogP contribution in [0, 0.1) is 0 Å². The molecule has 1 atom stereocenters. The molecule has 0 bridgehead atoms. The lowest BCUT2D eigenvalue weighted by Gasteiger charge is -2.14. The van der Waals surface area contributed by atoms with Crippen molar-refractivity contribution in [2.24, 2.45) is 0 Å². The van der Waals surface area contributed by atoms with Gasteiger partial charge in [-0.2, -0.15) is 5.10 Å². The number of aryl methyl sites for hydroxylation is 2. The summed E-state index contributed by atoms with van der Waals surface area (Å²) < 4.78 is 8.06. The van der Waals surface area contributed by atoms with Crippen LogP contribution in [0.1, 0.15) is 37.0 Å². The van der Waals surface area contributed by atoms with Crippen molar-refractivity contribution < 1.29 is 4.42 Å². The molecule has 2 aromatic heterocycles. The molecule has 1 aromatic carbocycles. The number of fused-ring (bicyclic) bond motifs is 1. The minimum atomic E-state index is 0.0187. The van der Waals surface area contributed by atoms with E-state index in [1.54, 1.807) is 0 Å². The second-order valence-corrected chi connectivity index (χ2v) is 5.14. The Morgan fingerprint density at radius 1 is 1.24 bits per heavy atom. The van der Waals surface area contributed by atoms with Gasteiger partial charge in [0.15, 0.2) is 0 Å². The van der Waals surface area contributed by atoms with Crippen LogP contribution in [-0.2, 0) is 13.0 Å². The molecule has 0 radical (unpaired) electrons. The largest absolute Gasteiger partial charge is 0.459 e. The monoisotopic (exact) mass is 283 g/mol. The van der Waals surface area contributed by atoms with Gasteiger partial charge in [-0.25, -0.2) is 0 Å². The normalized spacial score (nSPS) is 12.9. The fourth-order valence-electron chi connectivity index (χ4n) is 2.73. The van der Waals surface area contributed by atoms with E-state index in [4.69, 9.17) is 4.42 Å². The van der Waals surface area contributed by atoms with Gasteiger partial charge in [0.25, 0.3) is 0 Å². The first-order chi connectivity index (χ1) is 10.3. The fraction of sp³-hybridized carbons (Fsp3) is 0.353. The molecule has 1 N–H and O–H groups in total. The average molecular weight is 283 g/mol. The van der Waals surface area contributed by atoms with Gasteiger partial charge >= 0.3 is 0 Å². The van der Waals surface area contributed by atoms with Gasteiger partial charge in [0.2, 0.25) is 0 Å². The summed E-state index contributed by atoms with van der Waals surface area (Å²) in [7, 11) is 1.95. The first-order valence-electron chi connectivity index (χ1n) is 7.49. The van der Waals surface area contributed by atoms with E-state index in [9.17, 15) is 0 Å². The Balaban J connectivity index is 2.06. The summed E-state index contributed by atoms with van der Waals surface area (Å²) >= 11 is 0. The molecule has 3 rings (SSSR count). The summed E-state index contributed by atoms with van der Waals surface area (Å²) in [6.07, 6.45) is 0.941. The van der Waals surface area contributed by atoms with Crippen molar-refractivity contribution in [3.8, 4) is 0 Å². The summed E-state index contributed by atoms with van der Waals surface area (Å²) in [5, 5.41) is 9.11. The van der Waals surface area contributed by atoms with Crippen LogP contribution >= 0.6 is 0 Å². The molecule has 0 aliphatic rings. The Bertz CT molecular complexity index is 708. The zero-order valence-electron chi connectivity index (χ0n) is 12.8. The Labute approximate surface area is 124 Å². The number of para-hydroxylation sites is 1. The van der Waals surface area contributed by atoms with Gasteiger partial charge < -0.3 is 9.73 Å². The van der Waals surface area contributed by atoms with E-state index in [0.29, 0.717) is 0 Å². The number of aromatic nitrogens is 2. The molecule has 110 valence electrons. The van der Waals surface area contributed by atoms with Crippen LogP contribution < -0.4 is 5.32 Å². The minimum Gasteiger partial charge on any atom is -0.459 e. The van der Waals surface area contributed by atoms with Crippen LogP contribution in [-0.4, -0.2) is 16.8 Å². The standard InChI is InChI=1S/C17H21N3O/c1-4-13-11-14(20(5-2)19-13)17(18-3)16-10-12-8-6-7-9-15(12)21-16/h6-11,17-18H,4-5H2,1-3H3. The van der Waals surface area contributed by atoms with E-state index in [1.165, 1.54) is 0 Å². The number of hydrogen-bond donors (Lipinski definition) is 1. The first-order valence-corrected chi connectivity index (χ1v) is 7.49. The van der Waals surface area contributed by atoms with E-state index >= 15 is 0 Å². The Morgan fingerprint density at radius 2 is 2.05 bits per heavy atom. The van der Waals surface area contributed by atoms with E-state index in [2.05, 4.69) is 42.5 Å². The summed E-state index contributed by atoms with van der Waals surface area (Å²) in [5.41, 5.74) is 3.19. The van der Waals surface area contributed by atoms with Crippen molar-refractivity contribution in [3.63, 3.8) is 0 Å². The van der Waals surface area contributed by atoms with Crippen LogP contribution in [0.4, 0.5) is 0 Å². The summed E-state index contributed by atoms with van der Waals surface area (Å²) in [4.78, 5) is 0. The number of nitrogens with one attached hydrogen (secondary N) is 1. The second-order valence-electron chi connectivity index (χ2n) is 5.14. The molecule has 0 saturated heterocycles. The molecular weight excluding hydrogens is 262 g/mol. The van der Waals surface area contributed by atoms with E-state index in [-0.39, 0.29) is 6.04 Å². The maximum atomic E-state index is 6.01. The van der Waals surface area contributed by atoms with Crippen molar-refractivity contribution in [2.75, 3.05) is 7.05 Å². The highest BCUT2D eigenvalue weighted by Gasteiger charge is 2.21. The highest BCUT2D eigenvalue weighted by atomic mass is 16.3. The molecule has 21 heavy (non-hydrogen) atoms. The summed E-state index contributed by atoms with van der Waals surface area (Å²) in [6, 6.07) is 12.4. The lowest BCUT2D eigenvalue weighted by atomic mass is 10.1. The van der Waals surface area contributed by atoms with E-state index in [0.717, 1.165) is 41.1 Å². The molecule has 0 spiro atoms. The van der Waals surface area contributed by atoms with Gasteiger partial charge in [0.05, 0.1) is 11.4 Å². The van der Waals surface area contributed by atoms with Crippen molar-refractivity contribution in [1.82, 2.24) is 15.1 Å². The Kier molecular flexibility index (Phi) is 3.80. The zero-order valence-corrected chi connectivity index (χ0v) is 12.8. The number of nitrogens with zero attached hydrogens (tertiary/aromatic N) is 2. The number of furan rings is 1. The predicted molar refractivity (Wildman–Crippen MR) is 84.4 cm³/mol. The topological polar surface area (TPSA) is 43.0 Å². The number of rotatable bonds is 5.